The van der Waals surface area contributed by atoms with Gasteiger partial charge in [-0.15, -0.1) is 11.6 Å². The molecule has 2 rings (SSSR count). The Morgan fingerprint density at radius 2 is 1.89 bits per heavy atom. The van der Waals surface area contributed by atoms with E-state index in [0.717, 1.165) is 5.52 Å². The summed E-state index contributed by atoms with van der Waals surface area (Å²) in [6, 6.07) is 5.36. The van der Waals surface area contributed by atoms with Crippen LogP contribution in [0.2, 0.25) is 0 Å². The van der Waals surface area contributed by atoms with Gasteiger partial charge in [-0.1, -0.05) is 6.07 Å². The van der Waals surface area contributed by atoms with Crippen molar-refractivity contribution in [1.29, 1.82) is 0 Å². The van der Waals surface area contributed by atoms with E-state index in [1.807, 2.05) is 31.4 Å². The molecule has 0 radical (unpaired) electrons. The molecule has 104 valence electrons. The van der Waals surface area contributed by atoms with Gasteiger partial charge in [-0.25, -0.2) is 13.4 Å². The first-order chi connectivity index (χ1) is 8.73. The van der Waals surface area contributed by atoms with Crippen LogP contribution >= 0.6 is 11.6 Å². The van der Waals surface area contributed by atoms with Crippen LogP contribution in [0.5, 0.6) is 0 Å². The highest BCUT2D eigenvalue weighted by atomic mass is 35.5. The molecule has 0 saturated carbocycles. The lowest BCUT2D eigenvalue weighted by Gasteiger charge is -2.14. The Morgan fingerprint density at radius 1 is 1.26 bits per heavy atom. The minimum Gasteiger partial charge on any atom is -0.324 e. The molecule has 0 saturated heterocycles. The number of aromatic nitrogens is 2. The van der Waals surface area contributed by atoms with E-state index in [9.17, 15) is 8.42 Å². The Labute approximate surface area is 118 Å². The monoisotopic (exact) mass is 300 g/mol. The zero-order valence-electron chi connectivity index (χ0n) is 11.4. The first kappa shape index (κ1) is 14.3. The van der Waals surface area contributed by atoms with Crippen LogP contribution in [0.4, 0.5) is 0 Å². The SMILES string of the molecule is CC(Cl)c1nc2c(S(C)(=O)=O)cccc2n1C(C)C. The van der Waals surface area contributed by atoms with E-state index in [0.29, 0.717) is 11.3 Å². The maximum absolute atomic E-state index is 11.8. The van der Waals surface area contributed by atoms with E-state index in [4.69, 9.17) is 11.6 Å². The van der Waals surface area contributed by atoms with Gasteiger partial charge in [-0.3, -0.25) is 0 Å². The summed E-state index contributed by atoms with van der Waals surface area (Å²) in [6.07, 6.45) is 1.19. The second-order valence-corrected chi connectivity index (χ2v) is 7.58. The van der Waals surface area contributed by atoms with Crippen LogP contribution in [0.15, 0.2) is 23.1 Å². The Bertz CT molecular complexity index is 718. The fraction of sp³-hybridized carbons (Fsp3) is 0.462. The number of nitrogens with zero attached hydrogens (tertiary/aromatic N) is 2. The molecule has 1 aromatic heterocycles. The average molecular weight is 301 g/mol. The van der Waals surface area contributed by atoms with Crippen molar-refractivity contribution < 1.29 is 8.42 Å². The van der Waals surface area contributed by atoms with Crippen LogP contribution in [0.25, 0.3) is 11.0 Å². The highest BCUT2D eigenvalue weighted by Gasteiger charge is 2.21. The molecule has 0 amide bonds. The van der Waals surface area contributed by atoms with Crippen LogP contribution in [0, 0.1) is 0 Å². The third kappa shape index (κ3) is 2.49. The van der Waals surface area contributed by atoms with Gasteiger partial charge in [0.25, 0.3) is 0 Å². The van der Waals surface area contributed by atoms with Gasteiger partial charge in [-0.2, -0.15) is 0 Å². The Balaban J connectivity index is 2.91. The number of hydrogen-bond acceptors (Lipinski definition) is 3. The van der Waals surface area contributed by atoms with E-state index >= 15 is 0 Å². The van der Waals surface area contributed by atoms with Gasteiger partial charge >= 0.3 is 0 Å². The smallest absolute Gasteiger partial charge is 0.177 e. The zero-order chi connectivity index (χ0) is 14.4. The molecule has 1 aromatic carbocycles. The second-order valence-electron chi connectivity index (χ2n) is 4.95. The summed E-state index contributed by atoms with van der Waals surface area (Å²) in [4.78, 5) is 4.70. The largest absolute Gasteiger partial charge is 0.324 e. The molecule has 0 spiro atoms. The first-order valence-corrected chi connectivity index (χ1v) is 8.41. The van der Waals surface area contributed by atoms with Gasteiger partial charge in [0, 0.05) is 12.3 Å². The van der Waals surface area contributed by atoms with Gasteiger partial charge in [0.05, 0.1) is 15.8 Å². The minimum atomic E-state index is -3.30. The van der Waals surface area contributed by atoms with E-state index in [1.165, 1.54) is 6.26 Å². The number of fused-ring (bicyclic) bond motifs is 1. The lowest BCUT2D eigenvalue weighted by Crippen LogP contribution is -2.06. The lowest BCUT2D eigenvalue weighted by atomic mass is 10.3. The summed E-state index contributed by atoms with van der Waals surface area (Å²) in [5, 5.41) is -0.276. The number of sulfone groups is 1. The van der Waals surface area contributed by atoms with Crippen molar-refractivity contribution in [3.63, 3.8) is 0 Å². The van der Waals surface area contributed by atoms with Crippen molar-refractivity contribution in [1.82, 2.24) is 9.55 Å². The number of halogens is 1. The number of imidazole rings is 1. The molecule has 0 aliphatic rings. The van der Waals surface area contributed by atoms with Crippen LogP contribution in [-0.2, 0) is 9.84 Å². The Hall–Kier alpha value is -1.07. The third-order valence-electron chi connectivity index (χ3n) is 2.98. The lowest BCUT2D eigenvalue weighted by molar-refractivity contribution is 0.584. The topological polar surface area (TPSA) is 52.0 Å². The molecule has 2 aromatic rings. The summed E-state index contributed by atoms with van der Waals surface area (Å²) >= 11 is 6.16. The minimum absolute atomic E-state index is 0.163. The van der Waals surface area contributed by atoms with Gasteiger partial charge in [0.1, 0.15) is 11.3 Å². The predicted molar refractivity (Wildman–Crippen MR) is 77.5 cm³/mol. The van der Waals surface area contributed by atoms with Crippen LogP contribution < -0.4 is 0 Å². The van der Waals surface area contributed by atoms with Crippen molar-refractivity contribution in [2.45, 2.75) is 37.1 Å². The molecular weight excluding hydrogens is 284 g/mol. The second kappa shape index (κ2) is 4.80. The van der Waals surface area contributed by atoms with E-state index in [1.54, 1.807) is 12.1 Å². The third-order valence-corrected chi connectivity index (χ3v) is 4.31. The van der Waals surface area contributed by atoms with Crippen LogP contribution in [0.1, 0.15) is 38.0 Å². The molecule has 19 heavy (non-hydrogen) atoms. The summed E-state index contributed by atoms with van der Waals surface area (Å²) in [5.41, 5.74) is 1.31. The van der Waals surface area contributed by atoms with Crippen molar-refractivity contribution in [3.8, 4) is 0 Å². The number of benzene rings is 1. The molecule has 1 atom stereocenters. The van der Waals surface area contributed by atoms with Crippen molar-refractivity contribution in [2.24, 2.45) is 0 Å². The van der Waals surface area contributed by atoms with Crippen LogP contribution in [-0.4, -0.2) is 24.2 Å². The molecule has 0 aliphatic carbocycles. The molecule has 0 aliphatic heterocycles. The molecule has 0 N–H and O–H groups in total. The van der Waals surface area contributed by atoms with Crippen LogP contribution in [0.3, 0.4) is 0 Å². The number of hydrogen-bond donors (Lipinski definition) is 0. The number of alkyl halides is 1. The molecule has 0 fully saturated rings. The molecular formula is C13H17ClN2O2S. The zero-order valence-corrected chi connectivity index (χ0v) is 13.0. The van der Waals surface area contributed by atoms with Gasteiger partial charge in [0.2, 0.25) is 0 Å². The van der Waals surface area contributed by atoms with E-state index in [2.05, 4.69) is 4.98 Å². The first-order valence-electron chi connectivity index (χ1n) is 6.08. The van der Waals surface area contributed by atoms with E-state index < -0.39 is 9.84 Å². The van der Waals surface area contributed by atoms with E-state index in [-0.39, 0.29) is 16.3 Å². The summed E-state index contributed by atoms with van der Waals surface area (Å²) in [7, 11) is -3.30. The number of para-hydroxylation sites is 1. The number of rotatable bonds is 3. The quantitative estimate of drug-likeness (QED) is 0.817. The highest BCUT2D eigenvalue weighted by molar-refractivity contribution is 7.91. The molecule has 1 heterocycles. The molecule has 1 unspecified atom stereocenters. The molecule has 4 nitrogen and oxygen atoms in total. The van der Waals surface area contributed by atoms with Crippen molar-refractivity contribution in [3.05, 3.63) is 24.0 Å². The summed E-state index contributed by atoms with van der Waals surface area (Å²) in [5.74, 6) is 0.697. The highest BCUT2D eigenvalue weighted by Crippen LogP contribution is 2.30. The van der Waals surface area contributed by atoms with Gasteiger partial charge in [0.15, 0.2) is 9.84 Å². The molecule has 6 heteroatoms. The van der Waals surface area contributed by atoms with Crippen molar-refractivity contribution in [2.75, 3.05) is 6.26 Å². The fourth-order valence-corrected chi connectivity index (χ4v) is 3.21. The summed E-state index contributed by atoms with van der Waals surface area (Å²) in [6.45, 7) is 5.88. The normalized spacial score (nSPS) is 14.2. The maximum Gasteiger partial charge on any atom is 0.177 e. The Kier molecular flexibility index (Phi) is 3.62. The Morgan fingerprint density at radius 3 is 2.37 bits per heavy atom. The summed E-state index contributed by atoms with van der Waals surface area (Å²) < 4.78 is 25.6. The van der Waals surface area contributed by atoms with Crippen molar-refractivity contribution >= 4 is 32.5 Å². The maximum atomic E-state index is 11.8. The molecule has 0 bridgehead atoms. The van der Waals surface area contributed by atoms with Gasteiger partial charge < -0.3 is 4.57 Å². The standard InChI is InChI=1S/C13H17ClN2O2S/c1-8(2)16-10-6-5-7-11(19(4,17)18)12(10)15-13(16)9(3)14/h5-9H,1-4H3. The fourth-order valence-electron chi connectivity index (χ4n) is 2.23. The predicted octanol–water partition coefficient (Wildman–Crippen LogP) is 3.32. The van der Waals surface area contributed by atoms with Gasteiger partial charge in [-0.05, 0) is 32.9 Å². The average Bonchev–Trinajstić information content (AvgIpc) is 2.66.